The first-order valence-corrected chi connectivity index (χ1v) is 4.17. The summed E-state index contributed by atoms with van der Waals surface area (Å²) in [5, 5.41) is 0. The molecule has 72 valence electrons. The zero-order valence-corrected chi connectivity index (χ0v) is 8.12. The van der Waals surface area contributed by atoms with E-state index in [1.807, 2.05) is 6.07 Å². The Labute approximate surface area is 77.8 Å². The number of pyridine rings is 1. The van der Waals surface area contributed by atoms with E-state index in [-0.39, 0.29) is 0 Å². The van der Waals surface area contributed by atoms with Gasteiger partial charge in [-0.1, -0.05) is 6.07 Å². The first-order valence-electron chi connectivity index (χ1n) is 4.17. The molecule has 0 saturated heterocycles. The van der Waals surface area contributed by atoms with Crippen LogP contribution in [0.3, 0.4) is 0 Å². The summed E-state index contributed by atoms with van der Waals surface area (Å²) in [6.07, 6.45) is 2.72. The van der Waals surface area contributed by atoms with Crippen molar-refractivity contribution in [2.24, 2.45) is 0 Å². The van der Waals surface area contributed by atoms with E-state index < -0.39 is 11.8 Å². The van der Waals surface area contributed by atoms with E-state index in [1.54, 1.807) is 18.5 Å². The molecule has 13 heavy (non-hydrogen) atoms. The Morgan fingerprint density at radius 1 is 1.54 bits per heavy atom. The minimum Gasteiger partial charge on any atom is -0.373 e. The van der Waals surface area contributed by atoms with Crippen LogP contribution in [0.1, 0.15) is 25.5 Å². The fraction of sp³-hybridized carbons (Fsp3) is 0.500. The Morgan fingerprint density at radius 2 is 2.23 bits per heavy atom. The van der Waals surface area contributed by atoms with E-state index >= 15 is 0 Å². The van der Waals surface area contributed by atoms with Gasteiger partial charge in [0, 0.05) is 25.1 Å². The number of methoxy groups -OCH3 is 1. The van der Waals surface area contributed by atoms with Gasteiger partial charge in [-0.05, 0) is 19.9 Å². The van der Waals surface area contributed by atoms with E-state index in [0.29, 0.717) is 0 Å². The monoisotopic (exact) mass is 183 g/mol. The van der Waals surface area contributed by atoms with Crippen LogP contribution in [0.25, 0.3) is 0 Å². The van der Waals surface area contributed by atoms with Crippen molar-refractivity contribution in [1.82, 2.24) is 4.98 Å². The lowest BCUT2D eigenvalue weighted by Gasteiger charge is -2.25. The lowest BCUT2D eigenvalue weighted by atomic mass is 9.98. The maximum atomic E-state index is 13.6. The first-order chi connectivity index (χ1) is 6.05. The maximum absolute atomic E-state index is 13.6. The fourth-order valence-electron chi connectivity index (χ4n) is 1.34. The van der Waals surface area contributed by atoms with Crippen molar-refractivity contribution >= 4 is 0 Å². The summed E-state index contributed by atoms with van der Waals surface area (Å²) in [5.74, 6) is 0. The molecule has 1 aromatic rings. The van der Waals surface area contributed by atoms with Gasteiger partial charge in [0.15, 0.2) is 0 Å². The topological polar surface area (TPSA) is 22.1 Å². The Hall–Kier alpha value is -0.960. The smallest absolute Gasteiger partial charge is 0.135 e. The summed E-state index contributed by atoms with van der Waals surface area (Å²) < 4.78 is 18.7. The van der Waals surface area contributed by atoms with Gasteiger partial charge in [0.25, 0.3) is 0 Å². The molecule has 1 unspecified atom stereocenters. The number of hydrogen-bond acceptors (Lipinski definition) is 2. The molecule has 0 saturated carbocycles. The van der Waals surface area contributed by atoms with Crippen LogP contribution < -0.4 is 0 Å². The summed E-state index contributed by atoms with van der Waals surface area (Å²) >= 11 is 0. The minimum absolute atomic E-state index is 0.554. The summed E-state index contributed by atoms with van der Waals surface area (Å²) in [4.78, 5) is 3.92. The predicted octanol–water partition coefficient (Wildman–Crippen LogP) is 2.52. The van der Waals surface area contributed by atoms with E-state index in [9.17, 15) is 4.39 Å². The number of aromatic nitrogens is 1. The molecule has 1 atom stereocenters. The van der Waals surface area contributed by atoms with Gasteiger partial charge < -0.3 is 4.74 Å². The molecule has 1 rings (SSSR count). The third-order valence-corrected chi connectivity index (χ3v) is 1.85. The molecule has 0 fully saturated rings. The SMILES string of the molecule is COC(c1cccnc1)C(C)(C)F. The Bertz CT molecular complexity index is 255. The molecule has 0 spiro atoms. The van der Waals surface area contributed by atoms with E-state index in [2.05, 4.69) is 4.98 Å². The van der Waals surface area contributed by atoms with Gasteiger partial charge >= 0.3 is 0 Å². The second-order valence-electron chi connectivity index (χ2n) is 3.47. The third-order valence-electron chi connectivity index (χ3n) is 1.85. The lowest BCUT2D eigenvalue weighted by Crippen LogP contribution is -2.25. The van der Waals surface area contributed by atoms with Crippen LogP contribution in [-0.2, 0) is 4.74 Å². The van der Waals surface area contributed by atoms with Crippen LogP contribution in [-0.4, -0.2) is 17.8 Å². The molecular formula is C10H14FNO. The standard InChI is InChI=1S/C10H14FNO/c1-10(2,11)9(13-3)8-5-4-6-12-7-8/h4-7,9H,1-3H3. The highest BCUT2D eigenvalue weighted by molar-refractivity contribution is 5.15. The molecule has 0 aromatic carbocycles. The highest BCUT2D eigenvalue weighted by Crippen LogP contribution is 2.30. The number of hydrogen-bond donors (Lipinski definition) is 0. The molecule has 0 N–H and O–H groups in total. The highest BCUT2D eigenvalue weighted by atomic mass is 19.1. The van der Waals surface area contributed by atoms with Crippen molar-refractivity contribution < 1.29 is 9.13 Å². The van der Waals surface area contributed by atoms with Crippen LogP contribution in [0.5, 0.6) is 0 Å². The Kier molecular flexibility index (Phi) is 2.98. The van der Waals surface area contributed by atoms with Crippen LogP contribution in [0.2, 0.25) is 0 Å². The molecule has 0 aliphatic carbocycles. The van der Waals surface area contributed by atoms with Crippen molar-refractivity contribution in [2.45, 2.75) is 25.6 Å². The Morgan fingerprint density at radius 3 is 2.62 bits per heavy atom. The summed E-state index contributed by atoms with van der Waals surface area (Å²) in [7, 11) is 1.50. The molecule has 0 aliphatic heterocycles. The lowest BCUT2D eigenvalue weighted by molar-refractivity contribution is -0.0185. The largest absolute Gasteiger partial charge is 0.373 e. The number of alkyl halides is 1. The van der Waals surface area contributed by atoms with Crippen molar-refractivity contribution in [3.8, 4) is 0 Å². The first kappa shape index (κ1) is 10.1. The highest BCUT2D eigenvalue weighted by Gasteiger charge is 2.30. The third kappa shape index (κ3) is 2.49. The van der Waals surface area contributed by atoms with E-state index in [1.165, 1.54) is 21.0 Å². The van der Waals surface area contributed by atoms with Crippen LogP contribution in [0.15, 0.2) is 24.5 Å². The van der Waals surface area contributed by atoms with Crippen LogP contribution in [0.4, 0.5) is 4.39 Å². The molecule has 2 nitrogen and oxygen atoms in total. The van der Waals surface area contributed by atoms with Crippen molar-refractivity contribution in [1.29, 1.82) is 0 Å². The maximum Gasteiger partial charge on any atom is 0.135 e. The summed E-state index contributed by atoms with van der Waals surface area (Å²) in [5.41, 5.74) is -0.630. The van der Waals surface area contributed by atoms with E-state index in [4.69, 9.17) is 4.74 Å². The average molecular weight is 183 g/mol. The van der Waals surface area contributed by atoms with E-state index in [0.717, 1.165) is 5.56 Å². The van der Waals surface area contributed by atoms with Gasteiger partial charge in [0.2, 0.25) is 0 Å². The predicted molar refractivity (Wildman–Crippen MR) is 49.2 cm³/mol. The summed E-state index contributed by atoms with van der Waals surface area (Å²) in [6, 6.07) is 3.58. The molecule has 3 heteroatoms. The zero-order valence-electron chi connectivity index (χ0n) is 8.12. The molecule has 0 radical (unpaired) electrons. The van der Waals surface area contributed by atoms with Crippen molar-refractivity contribution in [3.05, 3.63) is 30.1 Å². The summed E-state index contributed by atoms with van der Waals surface area (Å²) in [6.45, 7) is 2.99. The molecule has 0 aliphatic rings. The van der Waals surface area contributed by atoms with Gasteiger partial charge in [-0.2, -0.15) is 0 Å². The Balaban J connectivity index is 2.92. The molecule has 1 aromatic heterocycles. The second kappa shape index (κ2) is 3.83. The van der Waals surface area contributed by atoms with Gasteiger partial charge in [0.1, 0.15) is 11.8 Å². The quantitative estimate of drug-likeness (QED) is 0.718. The van der Waals surface area contributed by atoms with Gasteiger partial charge in [-0.15, -0.1) is 0 Å². The second-order valence-corrected chi connectivity index (χ2v) is 3.47. The van der Waals surface area contributed by atoms with Crippen molar-refractivity contribution in [2.75, 3.05) is 7.11 Å². The average Bonchev–Trinajstić information content (AvgIpc) is 2.05. The zero-order chi connectivity index (χ0) is 9.90. The van der Waals surface area contributed by atoms with Crippen LogP contribution in [0, 0.1) is 0 Å². The number of rotatable bonds is 3. The van der Waals surface area contributed by atoms with Gasteiger partial charge in [-0.25, -0.2) is 4.39 Å². The number of ether oxygens (including phenoxy) is 1. The molecule has 0 amide bonds. The minimum atomic E-state index is -1.39. The molecule has 1 heterocycles. The van der Waals surface area contributed by atoms with Crippen LogP contribution >= 0.6 is 0 Å². The number of halogens is 1. The van der Waals surface area contributed by atoms with Gasteiger partial charge in [-0.3, -0.25) is 4.98 Å². The fourth-order valence-corrected chi connectivity index (χ4v) is 1.34. The number of nitrogens with zero attached hydrogens (tertiary/aromatic N) is 1. The normalized spacial score (nSPS) is 14.2. The van der Waals surface area contributed by atoms with Gasteiger partial charge in [0.05, 0.1) is 0 Å². The molecule has 0 bridgehead atoms. The van der Waals surface area contributed by atoms with Crippen molar-refractivity contribution in [3.63, 3.8) is 0 Å². The molecular weight excluding hydrogens is 169 g/mol.